The summed E-state index contributed by atoms with van der Waals surface area (Å²) in [7, 11) is 0. The van der Waals surface area contributed by atoms with Gasteiger partial charge in [0.1, 0.15) is 0 Å². The van der Waals surface area contributed by atoms with E-state index in [0.717, 1.165) is 0 Å². The second-order valence-electron chi connectivity index (χ2n) is 3.18. The molecule has 12 heavy (non-hydrogen) atoms. The van der Waals surface area contributed by atoms with Crippen LogP contribution in [0, 0.1) is 6.92 Å². The van der Waals surface area contributed by atoms with Gasteiger partial charge >= 0.3 is 0 Å². The zero-order chi connectivity index (χ0) is 8.55. The Morgan fingerprint density at radius 2 is 2.08 bits per heavy atom. The van der Waals surface area contributed by atoms with E-state index >= 15 is 0 Å². The monoisotopic (exact) mass is 161 g/mol. The van der Waals surface area contributed by atoms with E-state index in [-0.39, 0.29) is 11.9 Å². The van der Waals surface area contributed by atoms with Crippen molar-refractivity contribution in [2.45, 2.75) is 19.4 Å². The second kappa shape index (κ2) is 2.63. The van der Waals surface area contributed by atoms with Crippen LogP contribution in [0.15, 0.2) is 24.3 Å². The van der Waals surface area contributed by atoms with Crippen LogP contribution in [0.2, 0.25) is 0 Å². The Bertz CT molecular complexity index is 311. The average Bonchev–Trinajstić information content (AvgIpc) is 2.01. The van der Waals surface area contributed by atoms with E-state index in [4.69, 9.17) is 0 Å². The predicted octanol–water partition coefficient (Wildman–Crippen LogP) is 1.56. The van der Waals surface area contributed by atoms with Crippen LogP contribution in [0.25, 0.3) is 0 Å². The minimum Gasteiger partial charge on any atom is -0.349 e. The van der Waals surface area contributed by atoms with E-state index in [0.29, 0.717) is 6.42 Å². The first kappa shape index (κ1) is 7.35. The summed E-state index contributed by atoms with van der Waals surface area (Å²) in [5.74, 6) is 0.156. The van der Waals surface area contributed by atoms with Gasteiger partial charge < -0.3 is 5.32 Å². The molecule has 1 N–H and O–H groups in total. The van der Waals surface area contributed by atoms with Gasteiger partial charge in [0, 0.05) is 0 Å². The lowest BCUT2D eigenvalue weighted by Crippen LogP contribution is -2.41. The van der Waals surface area contributed by atoms with Crippen molar-refractivity contribution >= 4 is 5.91 Å². The molecule has 1 unspecified atom stereocenters. The molecule has 1 aliphatic heterocycles. The zero-order valence-corrected chi connectivity index (χ0v) is 7.00. The van der Waals surface area contributed by atoms with Crippen molar-refractivity contribution in [1.29, 1.82) is 0 Å². The number of nitrogens with one attached hydrogen (secondary N) is 1. The predicted molar refractivity (Wildman–Crippen MR) is 46.7 cm³/mol. The lowest BCUT2D eigenvalue weighted by Gasteiger charge is -2.28. The maximum Gasteiger partial charge on any atom is 0.222 e. The Balaban J connectivity index is 2.23. The molecule has 1 aliphatic rings. The molecule has 1 saturated heterocycles. The Morgan fingerprint density at radius 1 is 1.42 bits per heavy atom. The molecule has 1 aromatic carbocycles. The smallest absolute Gasteiger partial charge is 0.222 e. The highest BCUT2D eigenvalue weighted by Gasteiger charge is 2.27. The van der Waals surface area contributed by atoms with Gasteiger partial charge in [0.05, 0.1) is 12.5 Å². The van der Waals surface area contributed by atoms with Gasteiger partial charge in [-0.3, -0.25) is 4.79 Å². The molecule has 0 saturated carbocycles. The number of amides is 1. The van der Waals surface area contributed by atoms with E-state index in [9.17, 15) is 4.79 Å². The fraction of sp³-hybridized carbons (Fsp3) is 0.300. The van der Waals surface area contributed by atoms with E-state index in [1.807, 2.05) is 12.1 Å². The summed E-state index contributed by atoms with van der Waals surface area (Å²) in [5, 5.41) is 2.86. The van der Waals surface area contributed by atoms with Gasteiger partial charge in [0.2, 0.25) is 5.91 Å². The molecule has 0 aliphatic carbocycles. The third-order valence-electron chi connectivity index (χ3n) is 2.29. The highest BCUT2D eigenvalue weighted by atomic mass is 16.2. The van der Waals surface area contributed by atoms with Crippen molar-refractivity contribution in [3.63, 3.8) is 0 Å². The summed E-state index contributed by atoms with van der Waals surface area (Å²) in [5.41, 5.74) is 2.50. The van der Waals surface area contributed by atoms with Crippen molar-refractivity contribution in [3.05, 3.63) is 35.4 Å². The van der Waals surface area contributed by atoms with Crippen molar-refractivity contribution in [2.75, 3.05) is 0 Å². The van der Waals surface area contributed by atoms with Gasteiger partial charge in [0.25, 0.3) is 0 Å². The molecule has 0 spiro atoms. The van der Waals surface area contributed by atoms with Gasteiger partial charge in [0.15, 0.2) is 0 Å². The Kier molecular flexibility index (Phi) is 1.61. The van der Waals surface area contributed by atoms with Crippen molar-refractivity contribution in [2.24, 2.45) is 0 Å². The Hall–Kier alpha value is -1.31. The number of aryl methyl sites for hydroxylation is 1. The van der Waals surface area contributed by atoms with Crippen molar-refractivity contribution in [1.82, 2.24) is 5.32 Å². The number of benzene rings is 1. The summed E-state index contributed by atoms with van der Waals surface area (Å²) in [6.45, 7) is 2.07. The van der Waals surface area contributed by atoms with Gasteiger partial charge in [-0.05, 0) is 18.1 Å². The molecule has 1 aromatic rings. The Morgan fingerprint density at radius 3 is 2.67 bits per heavy atom. The normalized spacial score (nSPS) is 21.4. The number of β-lactam (4-membered cyclic amide) rings is 1. The fourth-order valence-electron chi connectivity index (χ4n) is 1.52. The summed E-state index contributed by atoms with van der Waals surface area (Å²) in [4.78, 5) is 10.7. The number of carbonyl (C=O) groups is 1. The summed E-state index contributed by atoms with van der Waals surface area (Å²) in [6.07, 6.45) is 0.644. The number of rotatable bonds is 1. The number of carbonyl (C=O) groups excluding carboxylic acids is 1. The van der Waals surface area contributed by atoms with Crippen LogP contribution in [-0.2, 0) is 4.79 Å². The fourth-order valence-corrected chi connectivity index (χ4v) is 1.52. The first-order valence-corrected chi connectivity index (χ1v) is 4.12. The maximum atomic E-state index is 10.7. The van der Waals surface area contributed by atoms with Crippen LogP contribution in [0.3, 0.4) is 0 Å². The van der Waals surface area contributed by atoms with Crippen LogP contribution >= 0.6 is 0 Å². The topological polar surface area (TPSA) is 29.1 Å². The summed E-state index contributed by atoms with van der Waals surface area (Å²) < 4.78 is 0. The zero-order valence-electron chi connectivity index (χ0n) is 7.00. The molecule has 62 valence electrons. The third-order valence-corrected chi connectivity index (χ3v) is 2.29. The highest BCUT2D eigenvalue weighted by Crippen LogP contribution is 2.25. The highest BCUT2D eigenvalue weighted by molar-refractivity contribution is 5.83. The average molecular weight is 161 g/mol. The molecule has 2 heteroatoms. The minimum absolute atomic E-state index is 0.156. The molecule has 0 bridgehead atoms. The molecular formula is C10H11NO. The quantitative estimate of drug-likeness (QED) is 0.622. The second-order valence-corrected chi connectivity index (χ2v) is 3.18. The molecule has 0 aromatic heterocycles. The first-order chi connectivity index (χ1) is 5.77. The van der Waals surface area contributed by atoms with Gasteiger partial charge in [-0.1, -0.05) is 24.3 Å². The van der Waals surface area contributed by atoms with Crippen LogP contribution < -0.4 is 5.32 Å². The van der Waals surface area contributed by atoms with Crippen LogP contribution in [-0.4, -0.2) is 5.91 Å². The largest absolute Gasteiger partial charge is 0.349 e. The van der Waals surface area contributed by atoms with E-state index < -0.39 is 0 Å². The van der Waals surface area contributed by atoms with E-state index in [1.165, 1.54) is 11.1 Å². The van der Waals surface area contributed by atoms with Crippen LogP contribution in [0.4, 0.5) is 0 Å². The van der Waals surface area contributed by atoms with Crippen molar-refractivity contribution < 1.29 is 4.79 Å². The van der Waals surface area contributed by atoms with Gasteiger partial charge in [-0.15, -0.1) is 0 Å². The van der Waals surface area contributed by atoms with Crippen molar-refractivity contribution in [3.8, 4) is 0 Å². The summed E-state index contributed by atoms with van der Waals surface area (Å²) >= 11 is 0. The number of hydrogen-bond donors (Lipinski definition) is 1. The van der Waals surface area contributed by atoms with Crippen LogP contribution in [0.5, 0.6) is 0 Å². The molecule has 1 atom stereocenters. The van der Waals surface area contributed by atoms with E-state index in [2.05, 4.69) is 24.4 Å². The lowest BCUT2D eigenvalue weighted by molar-refractivity contribution is -0.128. The SMILES string of the molecule is Cc1ccccc1C1CC(=O)N1. The van der Waals surface area contributed by atoms with Gasteiger partial charge in [-0.2, -0.15) is 0 Å². The molecular weight excluding hydrogens is 150 g/mol. The summed E-state index contributed by atoms with van der Waals surface area (Å²) in [6, 6.07) is 8.42. The molecule has 1 heterocycles. The molecule has 0 radical (unpaired) electrons. The molecule has 1 fully saturated rings. The standard InChI is InChI=1S/C10H11NO/c1-7-4-2-3-5-8(7)9-6-10(12)11-9/h2-5,9H,6H2,1H3,(H,11,12). The molecule has 1 amide bonds. The maximum absolute atomic E-state index is 10.7. The Labute approximate surface area is 71.6 Å². The van der Waals surface area contributed by atoms with E-state index in [1.54, 1.807) is 0 Å². The third kappa shape index (κ3) is 1.09. The number of hydrogen-bond acceptors (Lipinski definition) is 1. The minimum atomic E-state index is 0.156. The lowest BCUT2D eigenvalue weighted by atomic mass is 9.94. The first-order valence-electron chi connectivity index (χ1n) is 4.12. The molecule has 2 rings (SSSR count). The molecule has 2 nitrogen and oxygen atoms in total. The van der Waals surface area contributed by atoms with Crippen LogP contribution in [0.1, 0.15) is 23.6 Å². The van der Waals surface area contributed by atoms with Gasteiger partial charge in [-0.25, -0.2) is 0 Å².